The van der Waals surface area contributed by atoms with Gasteiger partial charge in [-0.15, -0.1) is 11.3 Å². The lowest BCUT2D eigenvalue weighted by atomic mass is 10.2. The summed E-state index contributed by atoms with van der Waals surface area (Å²) in [7, 11) is 1.61. The van der Waals surface area contributed by atoms with Crippen molar-refractivity contribution in [1.82, 2.24) is 9.80 Å². The summed E-state index contributed by atoms with van der Waals surface area (Å²) in [5.74, 6) is 0.673. The van der Waals surface area contributed by atoms with E-state index in [-0.39, 0.29) is 6.03 Å². The van der Waals surface area contributed by atoms with E-state index in [4.69, 9.17) is 16.3 Å². The first-order valence-corrected chi connectivity index (χ1v) is 9.42. The molecular weight excluding hydrogens is 358 g/mol. The second kappa shape index (κ2) is 8.08. The van der Waals surface area contributed by atoms with Gasteiger partial charge in [0.05, 0.1) is 17.1 Å². The molecular formula is C18H22ClN3O2S. The Balaban J connectivity index is 1.54. The average molecular weight is 380 g/mol. The molecule has 1 aromatic heterocycles. The number of urea groups is 1. The largest absolute Gasteiger partial charge is 0.495 e. The van der Waals surface area contributed by atoms with Gasteiger partial charge in [-0.25, -0.2) is 4.79 Å². The predicted molar refractivity (Wildman–Crippen MR) is 103 cm³/mol. The van der Waals surface area contributed by atoms with Gasteiger partial charge in [0.15, 0.2) is 0 Å². The number of thiophene rings is 1. The van der Waals surface area contributed by atoms with Crippen LogP contribution in [0.4, 0.5) is 10.5 Å². The van der Waals surface area contributed by atoms with E-state index in [0.29, 0.717) is 24.5 Å². The standard InChI is InChI=1S/C18H22ClN3O2S/c1-13-3-5-16(24-2)15(11-13)20-18(23)22-9-7-21(8-10-22)12-14-4-6-17(19)25-14/h3-6,11H,7-10,12H2,1-2H3,(H,20,23). The van der Waals surface area contributed by atoms with Gasteiger partial charge in [0.1, 0.15) is 5.75 Å². The molecule has 1 N–H and O–H groups in total. The fourth-order valence-corrected chi connectivity index (χ4v) is 4.01. The van der Waals surface area contributed by atoms with Crippen LogP contribution in [0.25, 0.3) is 0 Å². The van der Waals surface area contributed by atoms with Crippen molar-refractivity contribution in [2.45, 2.75) is 13.5 Å². The first-order chi connectivity index (χ1) is 12.0. The number of rotatable bonds is 4. The fourth-order valence-electron chi connectivity index (χ4n) is 2.88. The topological polar surface area (TPSA) is 44.8 Å². The van der Waals surface area contributed by atoms with E-state index in [1.54, 1.807) is 18.4 Å². The molecule has 0 radical (unpaired) electrons. The van der Waals surface area contributed by atoms with Crippen molar-refractivity contribution in [2.75, 3.05) is 38.6 Å². The molecule has 1 saturated heterocycles. The van der Waals surface area contributed by atoms with Crippen LogP contribution in [0.2, 0.25) is 4.34 Å². The summed E-state index contributed by atoms with van der Waals surface area (Å²) < 4.78 is 6.14. The van der Waals surface area contributed by atoms with Crippen molar-refractivity contribution in [2.24, 2.45) is 0 Å². The number of hydrogen-bond donors (Lipinski definition) is 1. The third kappa shape index (κ3) is 4.66. The van der Waals surface area contributed by atoms with E-state index < -0.39 is 0 Å². The minimum atomic E-state index is -0.0808. The van der Waals surface area contributed by atoms with Crippen LogP contribution >= 0.6 is 22.9 Å². The zero-order chi connectivity index (χ0) is 17.8. The van der Waals surface area contributed by atoms with E-state index in [1.165, 1.54) is 4.88 Å². The molecule has 1 aromatic carbocycles. The number of aryl methyl sites for hydroxylation is 1. The van der Waals surface area contributed by atoms with Crippen LogP contribution in [0.1, 0.15) is 10.4 Å². The number of carbonyl (C=O) groups excluding carboxylic acids is 1. The predicted octanol–water partition coefficient (Wildman–Crippen LogP) is 4.07. The van der Waals surface area contributed by atoms with E-state index in [0.717, 1.165) is 29.5 Å². The highest BCUT2D eigenvalue weighted by molar-refractivity contribution is 7.16. The second-order valence-corrected chi connectivity index (χ2v) is 7.90. The van der Waals surface area contributed by atoms with Crippen LogP contribution in [0.5, 0.6) is 5.75 Å². The quantitative estimate of drug-likeness (QED) is 0.870. The molecule has 1 aliphatic rings. The van der Waals surface area contributed by atoms with Crippen molar-refractivity contribution in [3.8, 4) is 5.75 Å². The number of methoxy groups -OCH3 is 1. The number of halogens is 1. The maximum Gasteiger partial charge on any atom is 0.322 e. The number of carbonyl (C=O) groups is 1. The lowest BCUT2D eigenvalue weighted by molar-refractivity contribution is 0.143. The third-order valence-electron chi connectivity index (χ3n) is 4.26. The highest BCUT2D eigenvalue weighted by Crippen LogP contribution is 2.26. The third-order valence-corrected chi connectivity index (χ3v) is 5.48. The molecule has 0 saturated carbocycles. The highest BCUT2D eigenvalue weighted by atomic mass is 35.5. The summed E-state index contributed by atoms with van der Waals surface area (Å²) in [6, 6.07) is 9.67. The maximum atomic E-state index is 12.5. The van der Waals surface area contributed by atoms with Crippen molar-refractivity contribution in [1.29, 1.82) is 0 Å². The Bertz CT molecular complexity index is 742. The van der Waals surface area contributed by atoms with Gasteiger partial charge in [-0.2, -0.15) is 0 Å². The van der Waals surface area contributed by atoms with Gasteiger partial charge in [0.2, 0.25) is 0 Å². The molecule has 3 rings (SSSR count). The van der Waals surface area contributed by atoms with Crippen molar-refractivity contribution < 1.29 is 9.53 Å². The lowest BCUT2D eigenvalue weighted by Gasteiger charge is -2.34. The summed E-state index contributed by atoms with van der Waals surface area (Å²) in [5.41, 5.74) is 1.79. The van der Waals surface area contributed by atoms with Gasteiger partial charge in [0.25, 0.3) is 0 Å². The Morgan fingerprint density at radius 1 is 1.24 bits per heavy atom. The van der Waals surface area contributed by atoms with E-state index in [1.807, 2.05) is 36.1 Å². The number of benzene rings is 1. The van der Waals surface area contributed by atoms with Crippen LogP contribution < -0.4 is 10.1 Å². The smallest absolute Gasteiger partial charge is 0.322 e. The van der Waals surface area contributed by atoms with Crippen molar-refractivity contribution in [3.63, 3.8) is 0 Å². The summed E-state index contributed by atoms with van der Waals surface area (Å²) in [6.45, 7) is 6.00. The van der Waals surface area contributed by atoms with Crippen molar-refractivity contribution >= 4 is 34.7 Å². The number of hydrogen-bond acceptors (Lipinski definition) is 4. The van der Waals surface area contributed by atoms with Crippen molar-refractivity contribution in [3.05, 3.63) is 45.1 Å². The summed E-state index contributed by atoms with van der Waals surface area (Å²) >= 11 is 7.60. The molecule has 1 aliphatic heterocycles. The van der Waals surface area contributed by atoms with E-state index in [9.17, 15) is 4.79 Å². The Morgan fingerprint density at radius 2 is 2.00 bits per heavy atom. The summed E-state index contributed by atoms with van der Waals surface area (Å²) in [4.78, 5) is 18.0. The van der Waals surface area contributed by atoms with Gasteiger partial charge in [-0.1, -0.05) is 17.7 Å². The Kier molecular flexibility index (Phi) is 5.83. The normalized spacial score (nSPS) is 15.2. The Labute approximate surface area is 157 Å². The van der Waals surface area contributed by atoms with Gasteiger partial charge >= 0.3 is 6.03 Å². The number of ether oxygens (including phenoxy) is 1. The first kappa shape index (κ1) is 18.0. The maximum absolute atomic E-state index is 12.5. The van der Waals surface area contributed by atoms with E-state index >= 15 is 0 Å². The minimum Gasteiger partial charge on any atom is -0.495 e. The van der Waals surface area contributed by atoms with Crippen LogP contribution in [0, 0.1) is 6.92 Å². The molecule has 25 heavy (non-hydrogen) atoms. The number of anilines is 1. The molecule has 2 amide bonds. The van der Waals surface area contributed by atoms with Gasteiger partial charge in [0, 0.05) is 37.6 Å². The molecule has 0 bridgehead atoms. The highest BCUT2D eigenvalue weighted by Gasteiger charge is 2.22. The number of piperazine rings is 1. The van der Waals surface area contributed by atoms with E-state index in [2.05, 4.69) is 16.3 Å². The zero-order valence-corrected chi connectivity index (χ0v) is 16.0. The molecule has 2 heterocycles. The molecule has 7 heteroatoms. The van der Waals surface area contributed by atoms with Crippen LogP contribution in [0.3, 0.4) is 0 Å². The SMILES string of the molecule is COc1ccc(C)cc1NC(=O)N1CCN(Cc2ccc(Cl)s2)CC1. The molecule has 0 unspecified atom stereocenters. The van der Waals surface area contributed by atoms with Crippen LogP contribution in [0.15, 0.2) is 30.3 Å². The van der Waals surface area contributed by atoms with Gasteiger partial charge in [-0.3, -0.25) is 4.90 Å². The van der Waals surface area contributed by atoms with Crippen LogP contribution in [-0.2, 0) is 6.54 Å². The molecule has 0 atom stereocenters. The fraction of sp³-hybridized carbons (Fsp3) is 0.389. The van der Waals surface area contributed by atoms with Gasteiger partial charge < -0.3 is 15.0 Å². The number of nitrogens with one attached hydrogen (secondary N) is 1. The lowest BCUT2D eigenvalue weighted by Crippen LogP contribution is -2.49. The number of nitrogens with zero attached hydrogens (tertiary/aromatic N) is 2. The molecule has 134 valence electrons. The summed E-state index contributed by atoms with van der Waals surface area (Å²) in [6.07, 6.45) is 0. The first-order valence-electron chi connectivity index (χ1n) is 8.22. The molecule has 0 aliphatic carbocycles. The number of amides is 2. The molecule has 0 spiro atoms. The zero-order valence-electron chi connectivity index (χ0n) is 14.4. The molecule has 2 aromatic rings. The Hall–Kier alpha value is -1.76. The second-order valence-electron chi connectivity index (χ2n) is 6.10. The van der Waals surface area contributed by atoms with Gasteiger partial charge in [-0.05, 0) is 36.8 Å². The molecule has 1 fully saturated rings. The van der Waals surface area contributed by atoms with Crippen LogP contribution in [-0.4, -0.2) is 49.1 Å². The summed E-state index contributed by atoms with van der Waals surface area (Å²) in [5, 5.41) is 2.97. The monoisotopic (exact) mass is 379 g/mol. The average Bonchev–Trinajstić information content (AvgIpc) is 3.00. The Morgan fingerprint density at radius 3 is 2.64 bits per heavy atom. The minimum absolute atomic E-state index is 0.0808. The molecule has 5 nitrogen and oxygen atoms in total.